The van der Waals surface area contributed by atoms with E-state index in [1.165, 1.54) is 0 Å². The predicted molar refractivity (Wildman–Crippen MR) is 126 cm³/mol. The normalized spacial score (nSPS) is 45.5. The average molecular weight is 539 g/mol. The molecule has 1 saturated carbocycles. The molecular formula is C21H42N6O10. The van der Waals surface area contributed by atoms with Crippen LogP contribution in [0.4, 0.5) is 0 Å². The predicted octanol–water partition coefficient (Wildman–Crippen LogP) is -6.79. The van der Waals surface area contributed by atoms with Crippen LogP contribution in [0.2, 0.25) is 0 Å². The van der Waals surface area contributed by atoms with Crippen LogP contribution in [0, 0.1) is 0 Å². The molecule has 1 amide bonds. The van der Waals surface area contributed by atoms with Crippen LogP contribution in [0.1, 0.15) is 19.3 Å². The molecule has 2 saturated heterocycles. The largest absolute Gasteiger partial charge is 0.391 e. The van der Waals surface area contributed by atoms with E-state index in [9.17, 15) is 30.3 Å². The molecule has 3 aliphatic rings. The fraction of sp³-hybridized carbons (Fsp3) is 0.952. The van der Waals surface area contributed by atoms with E-state index in [4.69, 9.17) is 47.6 Å². The second-order valence-electron chi connectivity index (χ2n) is 9.80. The molecule has 16 nitrogen and oxygen atoms in total. The van der Waals surface area contributed by atoms with E-state index < -0.39 is 91.5 Å². The molecule has 0 aromatic heterocycles. The van der Waals surface area contributed by atoms with Gasteiger partial charge in [0.15, 0.2) is 12.6 Å². The number of rotatable bonds is 10. The number of carbonyl (C=O) groups excluding carboxylic acids is 1. The smallest absolute Gasteiger partial charge is 0.249 e. The van der Waals surface area contributed by atoms with E-state index in [1.54, 1.807) is 0 Å². The fourth-order valence-electron chi connectivity index (χ4n) is 4.83. The standard InChI is InChI=1S/C21H42N6O10/c22-2-1-10(28)19(33)27-9-4-8(25)17(36-20-13(26)11(29)3-7(5-23)34-20)18(14(9)30)37-21-16(32)15(31)12(6-24)35-21/h7-18,20-21,28-32H,1-6,22-26H2,(H,27,33)/t7-,8-,9+,10-,11-,12+,13+,14-,15-,16+,17+,18+,20+,21-/m0/s1. The Hall–Kier alpha value is -1.09. The Labute approximate surface area is 214 Å². The lowest BCUT2D eigenvalue weighted by Crippen LogP contribution is -2.67. The number of hydrogen-bond acceptors (Lipinski definition) is 15. The third kappa shape index (κ3) is 6.92. The van der Waals surface area contributed by atoms with Crippen molar-refractivity contribution in [3.63, 3.8) is 0 Å². The molecule has 0 aromatic carbocycles. The third-order valence-corrected chi connectivity index (χ3v) is 7.08. The molecule has 3 fully saturated rings. The molecule has 14 atom stereocenters. The first-order valence-corrected chi connectivity index (χ1v) is 12.5. The summed E-state index contributed by atoms with van der Waals surface area (Å²) in [5.74, 6) is -0.762. The van der Waals surface area contributed by atoms with Gasteiger partial charge in [-0.2, -0.15) is 0 Å². The number of ether oxygens (including phenoxy) is 4. The number of amides is 1. The van der Waals surface area contributed by atoms with Crippen molar-refractivity contribution in [2.45, 2.75) is 105 Å². The summed E-state index contributed by atoms with van der Waals surface area (Å²) in [4.78, 5) is 12.4. The molecule has 1 aliphatic carbocycles. The Bertz CT molecular complexity index is 742. The maximum absolute atomic E-state index is 12.4. The van der Waals surface area contributed by atoms with Gasteiger partial charge in [0.1, 0.15) is 42.7 Å². The summed E-state index contributed by atoms with van der Waals surface area (Å²) in [7, 11) is 0. The lowest BCUT2D eigenvalue weighted by atomic mass is 9.83. The quantitative estimate of drug-likeness (QED) is 0.123. The van der Waals surface area contributed by atoms with Gasteiger partial charge in [-0.15, -0.1) is 0 Å². The summed E-state index contributed by atoms with van der Waals surface area (Å²) < 4.78 is 23.2. The molecule has 37 heavy (non-hydrogen) atoms. The molecule has 0 spiro atoms. The Morgan fingerprint density at radius 3 is 2.19 bits per heavy atom. The molecule has 16 N–H and O–H groups in total. The first-order valence-electron chi connectivity index (χ1n) is 12.5. The summed E-state index contributed by atoms with van der Waals surface area (Å²) in [5, 5.41) is 54.6. The second-order valence-corrected chi connectivity index (χ2v) is 9.80. The summed E-state index contributed by atoms with van der Waals surface area (Å²) in [6.45, 7) is 0.0655. The number of aliphatic hydroxyl groups excluding tert-OH is 5. The minimum Gasteiger partial charge on any atom is -0.391 e. The van der Waals surface area contributed by atoms with E-state index in [2.05, 4.69) is 5.32 Å². The average Bonchev–Trinajstić information content (AvgIpc) is 3.14. The maximum Gasteiger partial charge on any atom is 0.249 e. The van der Waals surface area contributed by atoms with Crippen LogP contribution in [-0.4, -0.2) is 137 Å². The van der Waals surface area contributed by atoms with Crippen molar-refractivity contribution >= 4 is 5.91 Å². The molecule has 0 bridgehead atoms. The molecule has 0 radical (unpaired) electrons. The van der Waals surface area contributed by atoms with Gasteiger partial charge in [-0.25, -0.2) is 0 Å². The van der Waals surface area contributed by atoms with Gasteiger partial charge in [0.05, 0.1) is 24.3 Å². The van der Waals surface area contributed by atoms with Gasteiger partial charge in [-0.1, -0.05) is 0 Å². The van der Waals surface area contributed by atoms with Gasteiger partial charge >= 0.3 is 0 Å². The highest BCUT2D eigenvalue weighted by Crippen LogP contribution is 2.32. The highest BCUT2D eigenvalue weighted by Gasteiger charge is 2.52. The van der Waals surface area contributed by atoms with Crippen molar-refractivity contribution in [1.29, 1.82) is 0 Å². The SMILES string of the molecule is NCC[C@H](O)C(=O)N[C@@H]1C[C@H](N)[C@@H](O[C@H]2O[C@H](CN)C[C@H](O)[C@H]2N)[C@H](O[C@@H]2O[C@H](CN)[C@H](O)[C@H]2O)[C@H]1O. The van der Waals surface area contributed by atoms with Crippen LogP contribution in [-0.2, 0) is 23.7 Å². The molecule has 16 heteroatoms. The van der Waals surface area contributed by atoms with Crippen LogP contribution in [0.3, 0.4) is 0 Å². The molecule has 0 unspecified atom stereocenters. The lowest BCUT2D eigenvalue weighted by molar-refractivity contribution is -0.294. The molecule has 3 rings (SSSR count). The van der Waals surface area contributed by atoms with Gasteiger partial charge < -0.3 is 78.5 Å². The second kappa shape index (κ2) is 13.3. The zero-order valence-corrected chi connectivity index (χ0v) is 20.5. The summed E-state index contributed by atoms with van der Waals surface area (Å²) in [6, 6.07) is -2.84. The summed E-state index contributed by atoms with van der Waals surface area (Å²) >= 11 is 0. The zero-order chi connectivity index (χ0) is 27.4. The Kier molecular flexibility index (Phi) is 11.0. The first-order chi connectivity index (χ1) is 17.5. The number of hydrogen-bond donors (Lipinski definition) is 11. The molecular weight excluding hydrogens is 496 g/mol. The van der Waals surface area contributed by atoms with Crippen molar-refractivity contribution in [2.75, 3.05) is 19.6 Å². The molecule has 2 heterocycles. The van der Waals surface area contributed by atoms with Crippen LogP contribution in [0.5, 0.6) is 0 Å². The topological polar surface area (TPSA) is 297 Å². The summed E-state index contributed by atoms with van der Waals surface area (Å²) in [5.41, 5.74) is 29.1. The lowest BCUT2D eigenvalue weighted by Gasteiger charge is -2.47. The Morgan fingerprint density at radius 1 is 0.919 bits per heavy atom. The summed E-state index contributed by atoms with van der Waals surface area (Å²) in [6.07, 6.45) is -13.0. The van der Waals surface area contributed by atoms with Crippen molar-refractivity contribution in [1.82, 2.24) is 5.32 Å². The Morgan fingerprint density at radius 2 is 1.59 bits per heavy atom. The van der Waals surface area contributed by atoms with Crippen LogP contribution < -0.4 is 34.0 Å². The van der Waals surface area contributed by atoms with Gasteiger partial charge in [0, 0.05) is 25.6 Å². The number of nitrogens with one attached hydrogen (secondary N) is 1. The van der Waals surface area contributed by atoms with Crippen LogP contribution in [0.15, 0.2) is 0 Å². The van der Waals surface area contributed by atoms with E-state index in [0.717, 1.165) is 0 Å². The Balaban J connectivity index is 1.82. The highest BCUT2D eigenvalue weighted by molar-refractivity contribution is 5.80. The molecule has 2 aliphatic heterocycles. The van der Waals surface area contributed by atoms with Gasteiger partial charge in [-0.05, 0) is 19.4 Å². The van der Waals surface area contributed by atoms with Gasteiger partial charge in [0.25, 0.3) is 0 Å². The van der Waals surface area contributed by atoms with Crippen molar-refractivity contribution < 1.29 is 49.3 Å². The van der Waals surface area contributed by atoms with Gasteiger partial charge in [-0.3, -0.25) is 4.79 Å². The number of aliphatic hydroxyl groups is 5. The van der Waals surface area contributed by atoms with Crippen molar-refractivity contribution in [3.05, 3.63) is 0 Å². The molecule has 0 aromatic rings. The number of nitrogens with two attached hydrogens (primary N) is 5. The maximum atomic E-state index is 12.4. The minimum atomic E-state index is -1.50. The fourth-order valence-corrected chi connectivity index (χ4v) is 4.83. The minimum absolute atomic E-state index is 0.000263. The van der Waals surface area contributed by atoms with E-state index in [1.807, 2.05) is 0 Å². The zero-order valence-electron chi connectivity index (χ0n) is 20.5. The molecule has 216 valence electrons. The third-order valence-electron chi connectivity index (χ3n) is 7.08. The van der Waals surface area contributed by atoms with E-state index in [0.29, 0.717) is 0 Å². The van der Waals surface area contributed by atoms with E-state index >= 15 is 0 Å². The first kappa shape index (κ1) is 30.5. The highest BCUT2D eigenvalue weighted by atomic mass is 16.7. The van der Waals surface area contributed by atoms with Crippen LogP contribution >= 0.6 is 0 Å². The van der Waals surface area contributed by atoms with Gasteiger partial charge in [0.2, 0.25) is 5.91 Å². The van der Waals surface area contributed by atoms with Crippen LogP contribution in [0.25, 0.3) is 0 Å². The van der Waals surface area contributed by atoms with Crippen molar-refractivity contribution in [3.8, 4) is 0 Å². The monoisotopic (exact) mass is 538 g/mol. The van der Waals surface area contributed by atoms with E-state index in [-0.39, 0.29) is 38.9 Å². The van der Waals surface area contributed by atoms with Crippen molar-refractivity contribution in [2.24, 2.45) is 28.7 Å². The number of carbonyl (C=O) groups is 1.